The molecule has 1 heterocycles. The summed E-state index contributed by atoms with van der Waals surface area (Å²) in [6, 6.07) is 12.3. The van der Waals surface area contributed by atoms with Gasteiger partial charge in [0.25, 0.3) is 15.9 Å². The first kappa shape index (κ1) is 24.9. The zero-order chi connectivity index (χ0) is 24.2. The molecular weight excluding hydrogens is 510 g/mol. The summed E-state index contributed by atoms with van der Waals surface area (Å²) in [5.41, 5.74) is 0.791. The predicted molar refractivity (Wildman–Crippen MR) is 127 cm³/mol. The standard InChI is InChI=1S/C23H26BrN3O5S/c1-3-4-12-25-22(29)16(2)26(14-17-8-7-9-18(24)13-17)21(28)15-27-23(30)19-10-5-6-11-20(19)33(27,31)32/h5-11,13,16H,3-4,12,14-15H2,1-2H3,(H,25,29). The van der Waals surface area contributed by atoms with E-state index in [4.69, 9.17) is 0 Å². The maximum atomic E-state index is 13.3. The number of benzene rings is 2. The van der Waals surface area contributed by atoms with E-state index in [0.717, 1.165) is 22.9 Å². The van der Waals surface area contributed by atoms with Crippen LogP contribution in [0.1, 0.15) is 42.6 Å². The van der Waals surface area contributed by atoms with Crippen molar-refractivity contribution in [2.75, 3.05) is 13.1 Å². The Balaban J connectivity index is 1.86. The van der Waals surface area contributed by atoms with Gasteiger partial charge in [0, 0.05) is 17.6 Å². The molecule has 2 aromatic carbocycles. The van der Waals surface area contributed by atoms with Crippen LogP contribution in [-0.2, 0) is 26.2 Å². The normalized spacial score (nSPS) is 15.1. The molecule has 176 valence electrons. The summed E-state index contributed by atoms with van der Waals surface area (Å²) in [4.78, 5) is 40.0. The van der Waals surface area contributed by atoms with Gasteiger partial charge < -0.3 is 10.2 Å². The number of sulfonamides is 1. The van der Waals surface area contributed by atoms with E-state index in [1.807, 2.05) is 19.1 Å². The molecule has 33 heavy (non-hydrogen) atoms. The molecule has 1 unspecified atom stereocenters. The first-order valence-electron chi connectivity index (χ1n) is 10.6. The Morgan fingerprint density at radius 1 is 1.15 bits per heavy atom. The zero-order valence-electron chi connectivity index (χ0n) is 18.5. The van der Waals surface area contributed by atoms with Crippen molar-refractivity contribution in [3.8, 4) is 0 Å². The maximum Gasteiger partial charge on any atom is 0.269 e. The van der Waals surface area contributed by atoms with Gasteiger partial charge in [0.05, 0.1) is 5.56 Å². The SMILES string of the molecule is CCCCNC(=O)C(C)N(Cc1cccc(Br)c1)C(=O)CN1C(=O)c2ccccc2S1(=O)=O. The van der Waals surface area contributed by atoms with Crippen molar-refractivity contribution in [3.63, 3.8) is 0 Å². The average molecular weight is 536 g/mol. The summed E-state index contributed by atoms with van der Waals surface area (Å²) in [6.07, 6.45) is 1.71. The Morgan fingerprint density at radius 2 is 1.88 bits per heavy atom. The van der Waals surface area contributed by atoms with Gasteiger partial charge in [-0.3, -0.25) is 14.4 Å². The van der Waals surface area contributed by atoms with Crippen LogP contribution in [0.3, 0.4) is 0 Å². The van der Waals surface area contributed by atoms with Crippen LogP contribution in [0.5, 0.6) is 0 Å². The largest absolute Gasteiger partial charge is 0.354 e. The third-order valence-electron chi connectivity index (χ3n) is 5.43. The molecule has 1 aliphatic heterocycles. The Bertz CT molecular complexity index is 1170. The summed E-state index contributed by atoms with van der Waals surface area (Å²) in [5, 5.41) is 2.81. The highest BCUT2D eigenvalue weighted by Gasteiger charge is 2.43. The van der Waals surface area contributed by atoms with Crippen LogP contribution in [0, 0.1) is 0 Å². The molecule has 0 bridgehead atoms. The van der Waals surface area contributed by atoms with Crippen LogP contribution in [-0.4, -0.2) is 54.5 Å². The fourth-order valence-electron chi connectivity index (χ4n) is 3.55. The van der Waals surface area contributed by atoms with Gasteiger partial charge in [-0.15, -0.1) is 0 Å². The highest BCUT2D eigenvalue weighted by molar-refractivity contribution is 9.10. The Labute approximate surface area is 202 Å². The first-order valence-corrected chi connectivity index (χ1v) is 12.9. The number of unbranched alkanes of at least 4 members (excludes halogenated alkanes) is 1. The number of rotatable bonds is 9. The van der Waals surface area contributed by atoms with Gasteiger partial charge in [-0.05, 0) is 43.2 Å². The molecule has 0 aliphatic carbocycles. The highest BCUT2D eigenvalue weighted by atomic mass is 79.9. The summed E-state index contributed by atoms with van der Waals surface area (Å²) < 4.78 is 27.2. The Morgan fingerprint density at radius 3 is 2.55 bits per heavy atom. The number of halogens is 1. The number of fused-ring (bicyclic) bond motifs is 1. The molecule has 0 saturated heterocycles. The van der Waals surface area contributed by atoms with Crippen molar-refractivity contribution < 1.29 is 22.8 Å². The molecule has 3 rings (SSSR count). The molecular formula is C23H26BrN3O5S. The lowest BCUT2D eigenvalue weighted by atomic mass is 10.1. The quantitative estimate of drug-likeness (QED) is 0.497. The molecule has 2 aromatic rings. The van der Waals surface area contributed by atoms with Crippen LogP contribution < -0.4 is 5.32 Å². The smallest absolute Gasteiger partial charge is 0.269 e. The van der Waals surface area contributed by atoms with Crippen molar-refractivity contribution in [3.05, 3.63) is 64.1 Å². The fourth-order valence-corrected chi connectivity index (χ4v) is 5.52. The second-order valence-electron chi connectivity index (χ2n) is 7.79. The number of carbonyl (C=O) groups is 3. The third kappa shape index (κ3) is 5.44. The second-order valence-corrected chi connectivity index (χ2v) is 10.5. The van der Waals surface area contributed by atoms with E-state index in [2.05, 4.69) is 21.2 Å². The molecule has 1 N–H and O–H groups in total. The lowest BCUT2D eigenvalue weighted by Crippen LogP contribution is -2.51. The molecule has 0 saturated carbocycles. The van der Waals surface area contributed by atoms with Gasteiger partial charge in [0.15, 0.2) is 0 Å². The Kier molecular flexibility index (Phi) is 7.91. The third-order valence-corrected chi connectivity index (χ3v) is 7.71. The fraction of sp³-hybridized carbons (Fsp3) is 0.348. The topological polar surface area (TPSA) is 104 Å². The van der Waals surface area contributed by atoms with Crippen molar-refractivity contribution in [2.24, 2.45) is 0 Å². The molecule has 0 fully saturated rings. The van der Waals surface area contributed by atoms with Crippen molar-refractivity contribution in [1.82, 2.24) is 14.5 Å². The lowest BCUT2D eigenvalue weighted by molar-refractivity contribution is -0.140. The van der Waals surface area contributed by atoms with Crippen LogP contribution in [0.25, 0.3) is 0 Å². The second kappa shape index (κ2) is 10.5. The molecule has 1 aliphatic rings. The van der Waals surface area contributed by atoms with Gasteiger partial charge in [-0.2, -0.15) is 0 Å². The van der Waals surface area contributed by atoms with E-state index in [0.29, 0.717) is 10.8 Å². The molecule has 0 spiro atoms. The maximum absolute atomic E-state index is 13.3. The van der Waals surface area contributed by atoms with Crippen molar-refractivity contribution in [2.45, 2.75) is 44.2 Å². The molecule has 10 heteroatoms. The number of hydrogen-bond acceptors (Lipinski definition) is 5. The number of amides is 3. The van der Waals surface area contributed by atoms with E-state index >= 15 is 0 Å². The minimum absolute atomic E-state index is 0.0363. The average Bonchev–Trinajstić information content (AvgIpc) is 2.98. The summed E-state index contributed by atoms with van der Waals surface area (Å²) in [7, 11) is -4.14. The summed E-state index contributed by atoms with van der Waals surface area (Å²) >= 11 is 3.39. The first-order chi connectivity index (χ1) is 15.7. The van der Waals surface area contributed by atoms with Crippen LogP contribution >= 0.6 is 15.9 Å². The summed E-state index contributed by atoms with van der Waals surface area (Å²) in [6.45, 7) is 3.47. The van der Waals surface area contributed by atoms with E-state index in [1.165, 1.54) is 23.1 Å². The molecule has 0 radical (unpaired) electrons. The van der Waals surface area contributed by atoms with E-state index < -0.39 is 34.4 Å². The number of nitrogens with one attached hydrogen (secondary N) is 1. The lowest BCUT2D eigenvalue weighted by Gasteiger charge is -2.30. The van der Waals surface area contributed by atoms with E-state index in [-0.39, 0.29) is 22.9 Å². The van der Waals surface area contributed by atoms with Crippen LogP contribution in [0.4, 0.5) is 0 Å². The molecule has 3 amide bonds. The number of nitrogens with zero attached hydrogens (tertiary/aromatic N) is 2. The monoisotopic (exact) mass is 535 g/mol. The minimum Gasteiger partial charge on any atom is -0.354 e. The Hall–Kier alpha value is -2.72. The predicted octanol–water partition coefficient (Wildman–Crippen LogP) is 2.93. The molecule has 8 nitrogen and oxygen atoms in total. The van der Waals surface area contributed by atoms with Gasteiger partial charge in [-0.25, -0.2) is 12.7 Å². The van der Waals surface area contributed by atoms with Gasteiger partial charge in [0.1, 0.15) is 17.5 Å². The van der Waals surface area contributed by atoms with Crippen molar-refractivity contribution >= 4 is 43.7 Å². The zero-order valence-corrected chi connectivity index (χ0v) is 20.9. The minimum atomic E-state index is -4.14. The van der Waals surface area contributed by atoms with Gasteiger partial charge >= 0.3 is 0 Å². The van der Waals surface area contributed by atoms with Crippen LogP contribution in [0.15, 0.2) is 57.9 Å². The molecule has 1 atom stereocenters. The van der Waals surface area contributed by atoms with Gasteiger partial charge in [-0.1, -0.05) is 53.5 Å². The highest BCUT2D eigenvalue weighted by Crippen LogP contribution is 2.30. The summed E-state index contributed by atoms with van der Waals surface area (Å²) in [5.74, 6) is -1.73. The number of carbonyl (C=O) groups excluding carboxylic acids is 3. The molecule has 0 aromatic heterocycles. The van der Waals surface area contributed by atoms with Crippen LogP contribution in [0.2, 0.25) is 0 Å². The van der Waals surface area contributed by atoms with E-state index in [9.17, 15) is 22.8 Å². The number of hydrogen-bond donors (Lipinski definition) is 1. The van der Waals surface area contributed by atoms with Gasteiger partial charge in [0.2, 0.25) is 11.8 Å². The van der Waals surface area contributed by atoms with Crippen molar-refractivity contribution in [1.29, 1.82) is 0 Å². The van der Waals surface area contributed by atoms with E-state index in [1.54, 1.807) is 25.1 Å².